The molecule has 1 aliphatic heterocycles. The molecule has 128 valence electrons. The van der Waals surface area contributed by atoms with Gasteiger partial charge in [0.25, 0.3) is 0 Å². The Morgan fingerprint density at radius 2 is 1.77 bits per heavy atom. The average molecular weight is 312 g/mol. The van der Waals surface area contributed by atoms with Crippen LogP contribution in [0.15, 0.2) is 0 Å². The standard InChI is InChI=1S/C17H32N2O3/c1-17(2,3)22-16(21)18-14-9-8-13(20)12-15(14)19-10-6-4-5-7-11-19/h13-15,20H,4-12H2,1-3H3,(H,18,21). The highest BCUT2D eigenvalue weighted by Gasteiger charge is 2.35. The maximum Gasteiger partial charge on any atom is 0.407 e. The van der Waals surface area contributed by atoms with Crippen LogP contribution in [0.5, 0.6) is 0 Å². The van der Waals surface area contributed by atoms with Gasteiger partial charge in [-0.25, -0.2) is 4.79 Å². The summed E-state index contributed by atoms with van der Waals surface area (Å²) in [6.45, 7) is 7.78. The minimum Gasteiger partial charge on any atom is -0.444 e. The van der Waals surface area contributed by atoms with Crippen LogP contribution in [0.3, 0.4) is 0 Å². The molecule has 3 unspecified atom stereocenters. The molecule has 0 radical (unpaired) electrons. The molecule has 2 N–H and O–H groups in total. The van der Waals surface area contributed by atoms with Crippen molar-refractivity contribution in [1.82, 2.24) is 10.2 Å². The Bertz CT molecular complexity index is 359. The van der Waals surface area contributed by atoms with Crippen molar-refractivity contribution in [3.63, 3.8) is 0 Å². The van der Waals surface area contributed by atoms with Gasteiger partial charge in [0.15, 0.2) is 0 Å². The number of hydrogen-bond acceptors (Lipinski definition) is 4. The van der Waals surface area contributed by atoms with Crippen LogP contribution in [0, 0.1) is 0 Å². The molecule has 1 heterocycles. The predicted octanol–water partition coefficient (Wildman–Crippen LogP) is 2.67. The van der Waals surface area contributed by atoms with Crippen LogP contribution >= 0.6 is 0 Å². The number of rotatable bonds is 2. The first-order valence-electron chi connectivity index (χ1n) is 8.77. The third-order valence-corrected chi connectivity index (χ3v) is 4.60. The quantitative estimate of drug-likeness (QED) is 0.823. The van der Waals surface area contributed by atoms with Crippen LogP contribution in [-0.2, 0) is 4.74 Å². The summed E-state index contributed by atoms with van der Waals surface area (Å²) < 4.78 is 5.40. The van der Waals surface area contributed by atoms with E-state index in [4.69, 9.17) is 4.74 Å². The lowest BCUT2D eigenvalue weighted by molar-refractivity contribution is 0.0237. The Balaban J connectivity index is 1.98. The van der Waals surface area contributed by atoms with E-state index >= 15 is 0 Å². The van der Waals surface area contributed by atoms with Gasteiger partial charge in [-0.1, -0.05) is 12.8 Å². The fourth-order valence-corrected chi connectivity index (χ4v) is 3.58. The normalized spacial score (nSPS) is 31.4. The Morgan fingerprint density at radius 3 is 2.36 bits per heavy atom. The average Bonchev–Trinajstić information content (AvgIpc) is 2.67. The number of likely N-dealkylation sites (tertiary alicyclic amines) is 1. The zero-order valence-corrected chi connectivity index (χ0v) is 14.3. The molecule has 1 aliphatic carbocycles. The molecule has 5 nitrogen and oxygen atoms in total. The van der Waals surface area contributed by atoms with Crippen molar-refractivity contribution in [2.75, 3.05) is 13.1 Å². The smallest absolute Gasteiger partial charge is 0.407 e. The van der Waals surface area contributed by atoms with Gasteiger partial charge in [-0.2, -0.15) is 0 Å². The zero-order valence-electron chi connectivity index (χ0n) is 14.3. The van der Waals surface area contributed by atoms with Crippen LogP contribution in [0.25, 0.3) is 0 Å². The van der Waals surface area contributed by atoms with E-state index < -0.39 is 5.60 Å². The van der Waals surface area contributed by atoms with Gasteiger partial charge in [0.1, 0.15) is 5.60 Å². The van der Waals surface area contributed by atoms with Crippen molar-refractivity contribution in [1.29, 1.82) is 0 Å². The fourth-order valence-electron chi connectivity index (χ4n) is 3.58. The molecule has 3 atom stereocenters. The molecule has 2 fully saturated rings. The number of carbonyl (C=O) groups excluding carboxylic acids is 1. The number of ether oxygens (including phenoxy) is 1. The molecule has 0 aromatic rings. The van der Waals surface area contributed by atoms with Crippen molar-refractivity contribution >= 4 is 6.09 Å². The summed E-state index contributed by atoms with van der Waals surface area (Å²) in [5.74, 6) is 0. The van der Waals surface area contributed by atoms with Crippen molar-refractivity contribution < 1.29 is 14.6 Å². The maximum absolute atomic E-state index is 12.1. The minimum atomic E-state index is -0.476. The largest absolute Gasteiger partial charge is 0.444 e. The summed E-state index contributed by atoms with van der Waals surface area (Å²) in [7, 11) is 0. The number of carbonyl (C=O) groups is 1. The van der Waals surface area contributed by atoms with Gasteiger partial charge in [0.05, 0.1) is 6.10 Å². The summed E-state index contributed by atoms with van der Waals surface area (Å²) in [4.78, 5) is 14.6. The number of nitrogens with zero attached hydrogens (tertiary/aromatic N) is 1. The third kappa shape index (κ3) is 5.43. The predicted molar refractivity (Wildman–Crippen MR) is 86.8 cm³/mol. The molecular weight excluding hydrogens is 280 g/mol. The summed E-state index contributed by atoms with van der Waals surface area (Å²) in [6, 6.07) is 0.311. The molecule has 0 bridgehead atoms. The molecule has 2 aliphatic rings. The van der Waals surface area contributed by atoms with Crippen LogP contribution in [0.4, 0.5) is 4.79 Å². The second kappa shape index (κ2) is 7.64. The van der Waals surface area contributed by atoms with E-state index in [1.54, 1.807) is 0 Å². The van der Waals surface area contributed by atoms with E-state index in [2.05, 4.69) is 10.2 Å². The molecule has 22 heavy (non-hydrogen) atoms. The van der Waals surface area contributed by atoms with E-state index in [0.717, 1.165) is 32.4 Å². The van der Waals surface area contributed by atoms with Crippen molar-refractivity contribution in [2.24, 2.45) is 0 Å². The highest BCUT2D eigenvalue weighted by atomic mass is 16.6. The Kier molecular flexibility index (Phi) is 6.09. The van der Waals surface area contributed by atoms with Gasteiger partial charge in [0, 0.05) is 12.1 Å². The number of nitrogens with one attached hydrogen (secondary N) is 1. The summed E-state index contributed by atoms with van der Waals surface area (Å²) in [6.07, 6.45) is 6.75. The van der Waals surface area contributed by atoms with Gasteiger partial charge < -0.3 is 15.2 Å². The number of aliphatic hydroxyl groups is 1. The summed E-state index contributed by atoms with van der Waals surface area (Å²) in [5.41, 5.74) is -0.476. The lowest BCUT2D eigenvalue weighted by atomic mass is 9.87. The van der Waals surface area contributed by atoms with Gasteiger partial charge in [-0.15, -0.1) is 0 Å². The van der Waals surface area contributed by atoms with Gasteiger partial charge in [-0.3, -0.25) is 4.90 Å². The number of amides is 1. The van der Waals surface area contributed by atoms with Crippen molar-refractivity contribution in [3.05, 3.63) is 0 Å². The van der Waals surface area contributed by atoms with E-state index in [0.29, 0.717) is 0 Å². The lowest BCUT2D eigenvalue weighted by Gasteiger charge is -2.41. The number of hydrogen-bond donors (Lipinski definition) is 2. The van der Waals surface area contributed by atoms with Crippen molar-refractivity contribution in [3.8, 4) is 0 Å². The molecular formula is C17H32N2O3. The van der Waals surface area contributed by atoms with Gasteiger partial charge >= 0.3 is 6.09 Å². The number of aliphatic hydroxyl groups excluding tert-OH is 1. The van der Waals surface area contributed by atoms with E-state index in [1.165, 1.54) is 25.7 Å². The lowest BCUT2D eigenvalue weighted by Crippen LogP contribution is -2.56. The van der Waals surface area contributed by atoms with E-state index in [9.17, 15) is 9.90 Å². The SMILES string of the molecule is CC(C)(C)OC(=O)NC1CCC(O)CC1N1CCCCCC1. The monoisotopic (exact) mass is 312 g/mol. The third-order valence-electron chi connectivity index (χ3n) is 4.60. The van der Waals surface area contributed by atoms with Crippen LogP contribution in [0.1, 0.15) is 65.7 Å². The van der Waals surface area contributed by atoms with E-state index in [1.807, 2.05) is 20.8 Å². The first-order valence-corrected chi connectivity index (χ1v) is 8.77. The van der Waals surface area contributed by atoms with Crippen LogP contribution < -0.4 is 5.32 Å². The Morgan fingerprint density at radius 1 is 1.14 bits per heavy atom. The molecule has 2 rings (SSSR count). The first-order chi connectivity index (χ1) is 10.3. The summed E-state index contributed by atoms with van der Waals surface area (Å²) in [5, 5.41) is 13.1. The Labute approximate surface area is 134 Å². The highest BCUT2D eigenvalue weighted by molar-refractivity contribution is 5.68. The molecule has 1 saturated carbocycles. The molecule has 0 aromatic heterocycles. The molecule has 1 saturated heterocycles. The minimum absolute atomic E-state index is 0.0800. The molecule has 1 amide bonds. The molecule has 5 heteroatoms. The first kappa shape index (κ1) is 17.5. The van der Waals surface area contributed by atoms with Crippen LogP contribution in [0.2, 0.25) is 0 Å². The molecule has 0 spiro atoms. The van der Waals surface area contributed by atoms with Gasteiger partial charge in [-0.05, 0) is 66.0 Å². The maximum atomic E-state index is 12.1. The van der Waals surface area contributed by atoms with Crippen LogP contribution in [-0.4, -0.2) is 53.0 Å². The van der Waals surface area contributed by atoms with Crippen molar-refractivity contribution in [2.45, 2.75) is 89.5 Å². The Hall–Kier alpha value is -0.810. The number of alkyl carbamates (subject to hydrolysis) is 1. The van der Waals surface area contributed by atoms with E-state index in [-0.39, 0.29) is 24.3 Å². The fraction of sp³-hybridized carbons (Fsp3) is 0.941. The second-order valence-electron chi connectivity index (χ2n) is 7.74. The summed E-state index contributed by atoms with van der Waals surface area (Å²) >= 11 is 0. The highest BCUT2D eigenvalue weighted by Crippen LogP contribution is 2.26. The molecule has 0 aromatic carbocycles. The zero-order chi connectivity index (χ0) is 16.2. The topological polar surface area (TPSA) is 61.8 Å². The van der Waals surface area contributed by atoms with Gasteiger partial charge in [0.2, 0.25) is 0 Å². The second-order valence-corrected chi connectivity index (χ2v) is 7.74.